The largest absolute Gasteiger partial charge is 0.337 e. The molecule has 2 aromatic carbocycles. The van der Waals surface area contributed by atoms with E-state index < -0.39 is 0 Å². The van der Waals surface area contributed by atoms with Crippen LogP contribution < -0.4 is 0 Å². The Balaban J connectivity index is 1.66. The molecule has 0 bridgehead atoms. The van der Waals surface area contributed by atoms with Crippen molar-refractivity contribution in [1.29, 1.82) is 0 Å². The number of rotatable bonds is 5. The van der Waals surface area contributed by atoms with Crippen molar-refractivity contribution >= 4 is 40.9 Å². The first kappa shape index (κ1) is 23.1. The second-order valence-electron chi connectivity index (χ2n) is 8.30. The molecule has 0 aliphatic carbocycles. The van der Waals surface area contributed by atoms with E-state index in [1.54, 1.807) is 0 Å². The fourth-order valence-corrected chi connectivity index (χ4v) is 5.34. The van der Waals surface area contributed by atoms with Crippen molar-refractivity contribution < 1.29 is 4.79 Å². The van der Waals surface area contributed by atoms with Crippen LogP contribution in [0.4, 0.5) is 0 Å². The third-order valence-electron chi connectivity index (χ3n) is 5.96. The molecule has 1 amide bonds. The van der Waals surface area contributed by atoms with Gasteiger partial charge in [-0.3, -0.25) is 9.36 Å². The van der Waals surface area contributed by atoms with Gasteiger partial charge in [-0.1, -0.05) is 41.0 Å². The van der Waals surface area contributed by atoms with Gasteiger partial charge in [0, 0.05) is 27.7 Å². The molecule has 5 nitrogen and oxygen atoms in total. The molecule has 0 saturated carbocycles. The number of likely N-dealkylation sites (tertiary alicyclic amines) is 1. The number of aromatic nitrogens is 3. The van der Waals surface area contributed by atoms with Crippen LogP contribution in [0.2, 0.25) is 10.0 Å². The molecule has 168 valence electrons. The van der Waals surface area contributed by atoms with Crippen molar-refractivity contribution in [3.8, 4) is 17.1 Å². The third-order valence-corrected chi connectivity index (χ3v) is 7.53. The van der Waals surface area contributed by atoms with Gasteiger partial charge in [0.05, 0.1) is 11.4 Å². The van der Waals surface area contributed by atoms with Crippen LogP contribution in [0.1, 0.15) is 38.7 Å². The number of thioether (sulfide) groups is 1. The van der Waals surface area contributed by atoms with Crippen LogP contribution in [0.25, 0.3) is 17.1 Å². The molecular formula is C24H26Cl2N4OS. The monoisotopic (exact) mass is 488 g/mol. The Kier molecular flexibility index (Phi) is 7.13. The van der Waals surface area contributed by atoms with E-state index in [2.05, 4.69) is 24.0 Å². The highest BCUT2D eigenvalue weighted by molar-refractivity contribution is 7.99. The van der Waals surface area contributed by atoms with E-state index in [1.165, 1.54) is 18.2 Å². The molecule has 1 saturated heterocycles. The molecule has 2 heterocycles. The van der Waals surface area contributed by atoms with Crippen LogP contribution in [0.3, 0.4) is 0 Å². The summed E-state index contributed by atoms with van der Waals surface area (Å²) in [6, 6.07) is 13.9. The highest BCUT2D eigenvalue weighted by Crippen LogP contribution is 2.31. The lowest BCUT2D eigenvalue weighted by Gasteiger charge is -2.39. The summed E-state index contributed by atoms with van der Waals surface area (Å²) in [5, 5.41) is 10.9. The average Bonchev–Trinajstić information content (AvgIpc) is 3.18. The van der Waals surface area contributed by atoms with Gasteiger partial charge in [0.2, 0.25) is 5.91 Å². The number of aryl methyl sites for hydroxylation is 1. The van der Waals surface area contributed by atoms with E-state index in [4.69, 9.17) is 23.2 Å². The predicted octanol–water partition coefficient (Wildman–Crippen LogP) is 6.43. The molecule has 32 heavy (non-hydrogen) atoms. The molecule has 2 unspecified atom stereocenters. The van der Waals surface area contributed by atoms with Gasteiger partial charge in [0.25, 0.3) is 0 Å². The summed E-state index contributed by atoms with van der Waals surface area (Å²) in [5.74, 6) is 1.13. The lowest BCUT2D eigenvalue weighted by atomic mass is 9.98. The number of hydrogen-bond donors (Lipinski definition) is 0. The standard InChI is InChI=1S/C24H26Cl2N4OS/c1-15-7-12-20(13-21(15)26)30-23(18-8-10-19(25)11-9-18)27-28-24(30)32-14-22(31)29-16(2)5-4-6-17(29)3/h7-13,16-17H,4-6,14H2,1-3H3. The number of nitrogens with zero attached hydrogens (tertiary/aromatic N) is 4. The smallest absolute Gasteiger partial charge is 0.233 e. The van der Waals surface area contributed by atoms with Crippen LogP contribution in [-0.4, -0.2) is 43.4 Å². The average molecular weight is 489 g/mol. The lowest BCUT2D eigenvalue weighted by Crippen LogP contribution is -2.48. The normalized spacial score (nSPS) is 18.7. The van der Waals surface area contributed by atoms with Gasteiger partial charge in [-0.2, -0.15) is 0 Å². The topological polar surface area (TPSA) is 51.0 Å². The quantitative estimate of drug-likeness (QED) is 0.388. The number of hydrogen-bond acceptors (Lipinski definition) is 4. The van der Waals surface area contributed by atoms with Gasteiger partial charge < -0.3 is 4.90 Å². The summed E-state index contributed by atoms with van der Waals surface area (Å²) in [7, 11) is 0. The molecule has 1 fully saturated rings. The predicted molar refractivity (Wildman–Crippen MR) is 132 cm³/mol. The van der Waals surface area contributed by atoms with Crippen LogP contribution >= 0.6 is 35.0 Å². The Hall–Kier alpha value is -2.02. The van der Waals surface area contributed by atoms with Crippen LogP contribution in [0.15, 0.2) is 47.6 Å². The van der Waals surface area contributed by atoms with E-state index in [1.807, 2.05) is 58.9 Å². The molecular weight excluding hydrogens is 463 g/mol. The summed E-state index contributed by atoms with van der Waals surface area (Å²) < 4.78 is 1.95. The number of halogens is 2. The Morgan fingerprint density at radius 3 is 2.41 bits per heavy atom. The van der Waals surface area contributed by atoms with Crippen molar-refractivity contribution in [2.45, 2.75) is 57.3 Å². The van der Waals surface area contributed by atoms with Gasteiger partial charge in [0.1, 0.15) is 0 Å². The number of benzene rings is 2. The zero-order valence-corrected chi connectivity index (χ0v) is 20.7. The number of piperidine rings is 1. The summed E-state index contributed by atoms with van der Waals surface area (Å²) in [4.78, 5) is 15.1. The second-order valence-corrected chi connectivity index (χ2v) is 10.1. The zero-order valence-electron chi connectivity index (χ0n) is 18.4. The molecule has 0 N–H and O–H groups in total. The van der Waals surface area contributed by atoms with Crippen LogP contribution in [0, 0.1) is 6.92 Å². The Labute approximate surface area is 203 Å². The summed E-state index contributed by atoms with van der Waals surface area (Å²) in [6.45, 7) is 6.23. The van der Waals surface area contributed by atoms with Crippen molar-refractivity contribution in [3.05, 3.63) is 58.1 Å². The molecule has 8 heteroatoms. The minimum atomic E-state index is 0.138. The van der Waals surface area contributed by atoms with Gasteiger partial charge >= 0.3 is 0 Å². The maximum Gasteiger partial charge on any atom is 0.233 e. The minimum absolute atomic E-state index is 0.138. The van der Waals surface area contributed by atoms with Crippen molar-refractivity contribution in [2.75, 3.05) is 5.75 Å². The fourth-order valence-electron chi connectivity index (χ4n) is 4.22. The van der Waals surface area contributed by atoms with Crippen LogP contribution in [0.5, 0.6) is 0 Å². The summed E-state index contributed by atoms with van der Waals surface area (Å²) in [6.07, 6.45) is 3.28. The van der Waals surface area contributed by atoms with Gasteiger partial charge in [-0.25, -0.2) is 0 Å². The SMILES string of the molecule is Cc1ccc(-n2c(SCC(=O)N3C(C)CCCC3C)nnc2-c2ccc(Cl)cc2)cc1Cl. The fraction of sp³-hybridized carbons (Fsp3) is 0.375. The van der Waals surface area contributed by atoms with Gasteiger partial charge in [-0.15, -0.1) is 10.2 Å². The Morgan fingerprint density at radius 2 is 1.75 bits per heavy atom. The molecule has 0 spiro atoms. The maximum absolute atomic E-state index is 13.1. The molecule has 1 aliphatic heterocycles. The summed E-state index contributed by atoms with van der Waals surface area (Å²) in [5.41, 5.74) is 2.73. The molecule has 1 aromatic heterocycles. The van der Waals surface area contributed by atoms with E-state index in [9.17, 15) is 4.79 Å². The maximum atomic E-state index is 13.1. The first-order chi connectivity index (χ1) is 15.3. The molecule has 3 aromatic rings. The van der Waals surface area contributed by atoms with E-state index in [0.29, 0.717) is 26.8 Å². The lowest BCUT2D eigenvalue weighted by molar-refractivity contribution is -0.134. The molecule has 2 atom stereocenters. The highest BCUT2D eigenvalue weighted by atomic mass is 35.5. The van der Waals surface area contributed by atoms with Crippen LogP contribution in [-0.2, 0) is 4.79 Å². The molecule has 1 aliphatic rings. The first-order valence-electron chi connectivity index (χ1n) is 10.8. The first-order valence-corrected chi connectivity index (χ1v) is 12.5. The zero-order chi connectivity index (χ0) is 22.8. The third kappa shape index (κ3) is 4.82. The van der Waals surface area contributed by atoms with E-state index in [0.717, 1.165) is 29.7 Å². The van der Waals surface area contributed by atoms with Gasteiger partial charge in [0.15, 0.2) is 11.0 Å². The van der Waals surface area contributed by atoms with E-state index in [-0.39, 0.29) is 18.0 Å². The highest BCUT2D eigenvalue weighted by Gasteiger charge is 2.29. The van der Waals surface area contributed by atoms with Crippen molar-refractivity contribution in [1.82, 2.24) is 19.7 Å². The van der Waals surface area contributed by atoms with Crippen molar-refractivity contribution in [2.24, 2.45) is 0 Å². The van der Waals surface area contributed by atoms with E-state index >= 15 is 0 Å². The minimum Gasteiger partial charge on any atom is -0.337 e. The molecule has 4 rings (SSSR count). The molecule has 0 radical (unpaired) electrons. The number of amides is 1. The van der Waals surface area contributed by atoms with Crippen molar-refractivity contribution in [3.63, 3.8) is 0 Å². The number of carbonyl (C=O) groups is 1. The summed E-state index contributed by atoms with van der Waals surface area (Å²) >= 11 is 13.9. The Morgan fingerprint density at radius 1 is 1.06 bits per heavy atom. The Bertz CT molecular complexity index is 1110. The van der Waals surface area contributed by atoms with Gasteiger partial charge in [-0.05, 0) is 82.0 Å². The number of carbonyl (C=O) groups excluding carboxylic acids is 1. The second kappa shape index (κ2) is 9.86.